The molecule has 4 heteroatoms. The van der Waals surface area contributed by atoms with Crippen LogP contribution in [0.5, 0.6) is 0 Å². The van der Waals surface area contributed by atoms with E-state index in [1.165, 1.54) is 0 Å². The van der Waals surface area contributed by atoms with Gasteiger partial charge in [0.25, 0.3) is 0 Å². The van der Waals surface area contributed by atoms with Gasteiger partial charge in [0.15, 0.2) is 6.29 Å². The number of nitrogens with one attached hydrogen (secondary N) is 1. The molecule has 0 radical (unpaired) electrons. The van der Waals surface area contributed by atoms with Gasteiger partial charge in [-0.25, -0.2) is 0 Å². The maximum Gasteiger partial charge on any atom is 0.224 e. The molecule has 1 amide bonds. The minimum atomic E-state index is -0.0706. The highest BCUT2D eigenvalue weighted by molar-refractivity contribution is 9.10. The van der Waals surface area contributed by atoms with Gasteiger partial charge in [-0.15, -0.1) is 0 Å². The molecule has 0 aliphatic rings. The summed E-state index contributed by atoms with van der Waals surface area (Å²) in [6.07, 6.45) is 1.98. The lowest BCUT2D eigenvalue weighted by Gasteiger charge is -2.07. The number of halogens is 1. The van der Waals surface area contributed by atoms with E-state index in [2.05, 4.69) is 21.2 Å². The number of hydrogen-bond donors (Lipinski definition) is 1. The first kappa shape index (κ1) is 11.9. The van der Waals surface area contributed by atoms with Gasteiger partial charge in [-0.1, -0.05) is 13.0 Å². The second-order valence-electron chi connectivity index (χ2n) is 3.12. The number of aldehydes is 1. The molecule has 1 N–H and O–H groups in total. The molecule has 0 fully saturated rings. The van der Waals surface area contributed by atoms with Gasteiger partial charge < -0.3 is 5.32 Å². The van der Waals surface area contributed by atoms with Crippen LogP contribution in [0, 0.1) is 0 Å². The highest BCUT2D eigenvalue weighted by atomic mass is 79.9. The Hall–Kier alpha value is -1.16. The Kier molecular flexibility index (Phi) is 4.49. The second kappa shape index (κ2) is 5.66. The third-order valence-corrected chi connectivity index (χ3v) is 2.61. The van der Waals surface area contributed by atoms with Crippen LogP contribution in [0.25, 0.3) is 0 Å². The van der Waals surface area contributed by atoms with E-state index in [1.54, 1.807) is 18.2 Å². The van der Waals surface area contributed by atoms with Crippen molar-refractivity contribution in [3.63, 3.8) is 0 Å². The standard InChI is InChI=1S/C11H12BrNO2/c1-2-4-11(15)13-10-6-3-5-9(12)8(10)7-14/h3,5-7H,2,4H2,1H3,(H,13,15). The number of benzene rings is 1. The molecule has 80 valence electrons. The first-order chi connectivity index (χ1) is 7.19. The molecule has 0 bridgehead atoms. The van der Waals surface area contributed by atoms with E-state index in [9.17, 15) is 9.59 Å². The van der Waals surface area contributed by atoms with Crippen LogP contribution < -0.4 is 5.32 Å². The molecule has 0 heterocycles. The maximum atomic E-state index is 11.3. The molecule has 0 saturated carbocycles. The summed E-state index contributed by atoms with van der Waals surface area (Å²) in [6.45, 7) is 1.93. The van der Waals surface area contributed by atoms with Gasteiger partial charge in [0.05, 0.1) is 11.3 Å². The maximum absolute atomic E-state index is 11.3. The fourth-order valence-corrected chi connectivity index (χ4v) is 1.67. The number of carbonyl (C=O) groups is 2. The molecule has 0 aliphatic heterocycles. The van der Waals surface area contributed by atoms with Crippen LogP contribution in [0.4, 0.5) is 5.69 Å². The highest BCUT2D eigenvalue weighted by Crippen LogP contribution is 2.22. The summed E-state index contributed by atoms with van der Waals surface area (Å²) in [5.74, 6) is -0.0706. The van der Waals surface area contributed by atoms with Crippen LogP contribution in [-0.2, 0) is 4.79 Å². The number of hydrogen-bond acceptors (Lipinski definition) is 2. The van der Waals surface area contributed by atoms with E-state index in [-0.39, 0.29) is 5.91 Å². The van der Waals surface area contributed by atoms with E-state index in [0.29, 0.717) is 22.1 Å². The summed E-state index contributed by atoms with van der Waals surface area (Å²) in [4.78, 5) is 22.2. The fourth-order valence-electron chi connectivity index (χ4n) is 1.21. The molecule has 15 heavy (non-hydrogen) atoms. The predicted molar refractivity (Wildman–Crippen MR) is 63.1 cm³/mol. The fraction of sp³-hybridized carbons (Fsp3) is 0.273. The quantitative estimate of drug-likeness (QED) is 0.855. The Morgan fingerprint density at radius 2 is 2.27 bits per heavy atom. The molecule has 0 unspecified atom stereocenters. The number of anilines is 1. The Morgan fingerprint density at radius 1 is 1.53 bits per heavy atom. The second-order valence-corrected chi connectivity index (χ2v) is 3.97. The van der Waals surface area contributed by atoms with Crippen molar-refractivity contribution < 1.29 is 9.59 Å². The molecule has 0 aromatic heterocycles. The Labute approximate surface area is 97.0 Å². The van der Waals surface area contributed by atoms with Crippen molar-refractivity contribution in [3.05, 3.63) is 28.2 Å². The van der Waals surface area contributed by atoms with Crippen LogP contribution in [0.1, 0.15) is 30.1 Å². The minimum Gasteiger partial charge on any atom is -0.325 e. The smallest absolute Gasteiger partial charge is 0.224 e. The molecule has 3 nitrogen and oxygen atoms in total. The van der Waals surface area contributed by atoms with E-state index >= 15 is 0 Å². The van der Waals surface area contributed by atoms with Gasteiger partial charge in [0, 0.05) is 10.9 Å². The molecule has 0 saturated heterocycles. The zero-order valence-electron chi connectivity index (χ0n) is 8.42. The molecular formula is C11H12BrNO2. The third kappa shape index (κ3) is 3.16. The molecular weight excluding hydrogens is 258 g/mol. The molecule has 0 spiro atoms. The van der Waals surface area contributed by atoms with Crippen LogP contribution in [0.2, 0.25) is 0 Å². The summed E-state index contributed by atoms with van der Waals surface area (Å²) >= 11 is 3.25. The first-order valence-corrected chi connectivity index (χ1v) is 5.52. The van der Waals surface area contributed by atoms with Crippen LogP contribution in [0.15, 0.2) is 22.7 Å². The van der Waals surface area contributed by atoms with Gasteiger partial charge in [0.1, 0.15) is 0 Å². The van der Waals surface area contributed by atoms with Crippen molar-refractivity contribution in [2.75, 3.05) is 5.32 Å². The Balaban J connectivity index is 2.89. The number of rotatable bonds is 4. The predicted octanol–water partition coefficient (Wildman–Crippen LogP) is 3.00. The summed E-state index contributed by atoms with van der Waals surface area (Å²) in [6, 6.07) is 5.25. The molecule has 1 aromatic rings. The van der Waals surface area contributed by atoms with Crippen LogP contribution in [-0.4, -0.2) is 12.2 Å². The van der Waals surface area contributed by atoms with Crippen molar-refractivity contribution >= 4 is 33.8 Å². The van der Waals surface area contributed by atoms with Gasteiger partial charge >= 0.3 is 0 Å². The molecule has 0 aliphatic carbocycles. The van der Waals surface area contributed by atoms with Gasteiger partial charge in [-0.2, -0.15) is 0 Å². The average Bonchev–Trinajstić information content (AvgIpc) is 2.18. The summed E-state index contributed by atoms with van der Waals surface area (Å²) in [7, 11) is 0. The Bertz CT molecular complexity index is 377. The number of amides is 1. The van der Waals surface area contributed by atoms with Crippen molar-refractivity contribution in [1.82, 2.24) is 0 Å². The monoisotopic (exact) mass is 269 g/mol. The average molecular weight is 270 g/mol. The van der Waals surface area contributed by atoms with Crippen LogP contribution >= 0.6 is 15.9 Å². The zero-order valence-corrected chi connectivity index (χ0v) is 10.0. The van der Waals surface area contributed by atoms with E-state index < -0.39 is 0 Å². The third-order valence-electron chi connectivity index (χ3n) is 1.92. The van der Waals surface area contributed by atoms with Gasteiger partial charge in [-0.05, 0) is 34.5 Å². The van der Waals surface area contributed by atoms with Crippen molar-refractivity contribution in [2.24, 2.45) is 0 Å². The highest BCUT2D eigenvalue weighted by Gasteiger charge is 2.07. The van der Waals surface area contributed by atoms with Gasteiger partial charge in [0.2, 0.25) is 5.91 Å². The number of carbonyl (C=O) groups excluding carboxylic acids is 2. The van der Waals surface area contributed by atoms with E-state index in [4.69, 9.17) is 0 Å². The first-order valence-electron chi connectivity index (χ1n) is 4.72. The van der Waals surface area contributed by atoms with Crippen LogP contribution in [0.3, 0.4) is 0 Å². The lowest BCUT2D eigenvalue weighted by Crippen LogP contribution is -2.12. The summed E-state index contributed by atoms with van der Waals surface area (Å²) < 4.78 is 0.687. The zero-order chi connectivity index (χ0) is 11.3. The van der Waals surface area contributed by atoms with Crippen molar-refractivity contribution in [2.45, 2.75) is 19.8 Å². The normalized spacial score (nSPS) is 9.73. The molecule has 1 aromatic carbocycles. The van der Waals surface area contributed by atoms with Crippen molar-refractivity contribution in [1.29, 1.82) is 0 Å². The largest absolute Gasteiger partial charge is 0.325 e. The summed E-state index contributed by atoms with van der Waals surface area (Å²) in [5, 5.41) is 2.70. The van der Waals surface area contributed by atoms with Crippen molar-refractivity contribution in [3.8, 4) is 0 Å². The Morgan fingerprint density at radius 3 is 2.87 bits per heavy atom. The molecule has 0 atom stereocenters. The topological polar surface area (TPSA) is 46.2 Å². The summed E-state index contributed by atoms with van der Waals surface area (Å²) in [5.41, 5.74) is 1.03. The van der Waals surface area contributed by atoms with Gasteiger partial charge in [-0.3, -0.25) is 9.59 Å². The molecule has 1 rings (SSSR count). The SMILES string of the molecule is CCCC(=O)Nc1cccc(Br)c1C=O. The minimum absolute atomic E-state index is 0.0706. The van der Waals surface area contributed by atoms with E-state index in [1.807, 2.05) is 6.92 Å². The lowest BCUT2D eigenvalue weighted by atomic mass is 10.2. The van der Waals surface area contributed by atoms with E-state index in [0.717, 1.165) is 12.7 Å². The lowest BCUT2D eigenvalue weighted by molar-refractivity contribution is -0.116.